The van der Waals surface area contributed by atoms with E-state index < -0.39 is 5.91 Å². The Morgan fingerprint density at radius 1 is 1.56 bits per heavy atom. The van der Waals surface area contributed by atoms with Crippen LogP contribution in [0.15, 0.2) is 30.9 Å². The summed E-state index contributed by atoms with van der Waals surface area (Å²) in [6.45, 7) is 2.49. The van der Waals surface area contributed by atoms with E-state index in [9.17, 15) is 4.79 Å². The van der Waals surface area contributed by atoms with Gasteiger partial charge in [0.15, 0.2) is 0 Å². The van der Waals surface area contributed by atoms with E-state index in [0.717, 1.165) is 11.3 Å². The molecule has 0 aliphatic rings. The first-order valence-electron chi connectivity index (χ1n) is 4.88. The summed E-state index contributed by atoms with van der Waals surface area (Å²) in [6.07, 6.45) is 4.80. The van der Waals surface area contributed by atoms with Crippen LogP contribution in [0.1, 0.15) is 21.7 Å². The third-order valence-electron chi connectivity index (χ3n) is 2.28. The molecule has 5 nitrogen and oxygen atoms in total. The first kappa shape index (κ1) is 10.4. The molecule has 0 atom stereocenters. The molecule has 82 valence electrons. The van der Waals surface area contributed by atoms with Crippen LogP contribution in [0.5, 0.6) is 0 Å². The van der Waals surface area contributed by atoms with E-state index in [0.29, 0.717) is 12.2 Å². The van der Waals surface area contributed by atoms with Gasteiger partial charge in [0.1, 0.15) is 5.69 Å². The number of rotatable bonds is 3. The molecule has 0 aromatic carbocycles. The van der Waals surface area contributed by atoms with Gasteiger partial charge in [-0.25, -0.2) is 4.98 Å². The number of primary amides is 1. The Morgan fingerprint density at radius 3 is 3.06 bits per heavy atom. The number of hydrogen-bond donors (Lipinski definition) is 1. The number of aromatic nitrogens is 3. The monoisotopic (exact) mass is 216 g/mol. The van der Waals surface area contributed by atoms with Crippen molar-refractivity contribution in [2.45, 2.75) is 13.5 Å². The summed E-state index contributed by atoms with van der Waals surface area (Å²) in [7, 11) is 0. The van der Waals surface area contributed by atoms with Gasteiger partial charge in [0.25, 0.3) is 5.91 Å². The van der Waals surface area contributed by atoms with Crippen molar-refractivity contribution in [3.05, 3.63) is 47.8 Å². The fraction of sp³-hybridized carbons (Fsp3) is 0.182. The maximum Gasteiger partial charge on any atom is 0.266 e. The van der Waals surface area contributed by atoms with Crippen LogP contribution in [0.3, 0.4) is 0 Å². The van der Waals surface area contributed by atoms with Crippen LogP contribution in [0.25, 0.3) is 0 Å². The fourth-order valence-corrected chi connectivity index (χ4v) is 1.55. The smallest absolute Gasteiger partial charge is 0.266 e. The molecular weight excluding hydrogens is 204 g/mol. The lowest BCUT2D eigenvalue weighted by molar-refractivity contribution is 0.0992. The summed E-state index contributed by atoms with van der Waals surface area (Å²) in [5.41, 5.74) is 7.65. The fourth-order valence-electron chi connectivity index (χ4n) is 1.55. The van der Waals surface area contributed by atoms with Crippen LogP contribution >= 0.6 is 0 Å². The minimum absolute atomic E-state index is 0.412. The van der Waals surface area contributed by atoms with Crippen molar-refractivity contribution in [3.63, 3.8) is 0 Å². The summed E-state index contributed by atoms with van der Waals surface area (Å²) in [5, 5.41) is 0. The Kier molecular flexibility index (Phi) is 2.68. The number of aryl methyl sites for hydroxylation is 1. The lowest BCUT2D eigenvalue weighted by atomic mass is 10.2. The third kappa shape index (κ3) is 2.08. The molecule has 0 unspecified atom stereocenters. The van der Waals surface area contributed by atoms with Gasteiger partial charge in [-0.3, -0.25) is 9.78 Å². The van der Waals surface area contributed by atoms with Crippen molar-refractivity contribution in [2.24, 2.45) is 5.73 Å². The van der Waals surface area contributed by atoms with Gasteiger partial charge in [-0.05, 0) is 24.6 Å². The highest BCUT2D eigenvalue weighted by molar-refractivity contribution is 5.90. The van der Waals surface area contributed by atoms with Crippen LogP contribution in [0.4, 0.5) is 0 Å². The van der Waals surface area contributed by atoms with Gasteiger partial charge in [0.2, 0.25) is 0 Å². The average Bonchev–Trinajstić information content (AvgIpc) is 2.66. The Balaban J connectivity index is 2.27. The number of carbonyl (C=O) groups excluding carboxylic acids is 1. The highest BCUT2D eigenvalue weighted by Gasteiger charge is 2.07. The molecule has 0 saturated carbocycles. The standard InChI is InChI=1S/C11H12N4O/c1-8-4-9(2-3-14-8)6-15-7-13-5-10(15)11(12)16/h2-5,7H,6H2,1H3,(H2,12,16). The van der Waals surface area contributed by atoms with Crippen molar-refractivity contribution in [2.75, 3.05) is 0 Å². The predicted octanol–water partition coefficient (Wildman–Crippen LogP) is 0.734. The van der Waals surface area contributed by atoms with Gasteiger partial charge in [0, 0.05) is 18.4 Å². The van der Waals surface area contributed by atoms with Crippen LogP contribution in [-0.4, -0.2) is 20.4 Å². The average molecular weight is 216 g/mol. The maximum absolute atomic E-state index is 11.1. The van der Waals surface area contributed by atoms with Crippen LogP contribution in [0.2, 0.25) is 0 Å². The van der Waals surface area contributed by atoms with Crippen molar-refractivity contribution >= 4 is 5.91 Å². The molecule has 0 spiro atoms. The topological polar surface area (TPSA) is 73.8 Å². The predicted molar refractivity (Wildman–Crippen MR) is 58.8 cm³/mol. The molecule has 2 rings (SSSR count). The lowest BCUT2D eigenvalue weighted by Crippen LogP contribution is -2.16. The molecule has 0 bridgehead atoms. The zero-order valence-electron chi connectivity index (χ0n) is 8.92. The van der Waals surface area contributed by atoms with E-state index in [2.05, 4.69) is 9.97 Å². The minimum atomic E-state index is -0.469. The minimum Gasteiger partial charge on any atom is -0.364 e. The molecule has 2 N–H and O–H groups in total. The number of amides is 1. The van der Waals surface area contributed by atoms with E-state index in [-0.39, 0.29) is 0 Å². The molecule has 16 heavy (non-hydrogen) atoms. The second kappa shape index (κ2) is 4.14. The molecular formula is C11H12N4O. The second-order valence-electron chi connectivity index (χ2n) is 3.58. The molecule has 2 aromatic rings. The summed E-state index contributed by atoms with van der Waals surface area (Å²) in [5.74, 6) is -0.469. The third-order valence-corrected chi connectivity index (χ3v) is 2.28. The van der Waals surface area contributed by atoms with Gasteiger partial charge in [-0.1, -0.05) is 0 Å². The largest absolute Gasteiger partial charge is 0.364 e. The lowest BCUT2D eigenvalue weighted by Gasteiger charge is -2.06. The molecule has 0 fully saturated rings. The van der Waals surface area contributed by atoms with Crippen molar-refractivity contribution in [1.82, 2.24) is 14.5 Å². The number of imidazole rings is 1. The summed E-state index contributed by atoms with van der Waals surface area (Å²) < 4.78 is 1.72. The molecule has 0 aliphatic heterocycles. The molecule has 0 radical (unpaired) electrons. The summed E-state index contributed by atoms with van der Waals surface area (Å²) in [6, 6.07) is 3.86. The first-order valence-corrected chi connectivity index (χ1v) is 4.88. The molecule has 1 amide bonds. The van der Waals surface area contributed by atoms with E-state index in [1.807, 2.05) is 19.1 Å². The highest BCUT2D eigenvalue weighted by Crippen LogP contribution is 2.06. The normalized spacial score (nSPS) is 10.3. The Bertz CT molecular complexity index is 518. The number of pyridine rings is 1. The van der Waals surface area contributed by atoms with Gasteiger partial charge in [0.05, 0.1) is 12.5 Å². The van der Waals surface area contributed by atoms with Crippen LogP contribution in [0, 0.1) is 6.92 Å². The van der Waals surface area contributed by atoms with E-state index in [4.69, 9.17) is 5.73 Å². The van der Waals surface area contributed by atoms with E-state index in [1.165, 1.54) is 6.20 Å². The quantitative estimate of drug-likeness (QED) is 0.822. The van der Waals surface area contributed by atoms with Crippen LogP contribution in [-0.2, 0) is 6.54 Å². The van der Waals surface area contributed by atoms with Crippen molar-refractivity contribution in [1.29, 1.82) is 0 Å². The van der Waals surface area contributed by atoms with Gasteiger partial charge in [-0.2, -0.15) is 0 Å². The zero-order chi connectivity index (χ0) is 11.5. The van der Waals surface area contributed by atoms with E-state index >= 15 is 0 Å². The van der Waals surface area contributed by atoms with E-state index in [1.54, 1.807) is 17.1 Å². The first-order chi connectivity index (χ1) is 7.66. The molecule has 5 heteroatoms. The molecule has 2 aromatic heterocycles. The SMILES string of the molecule is Cc1cc(Cn2cncc2C(N)=O)ccn1. The zero-order valence-corrected chi connectivity index (χ0v) is 8.92. The second-order valence-corrected chi connectivity index (χ2v) is 3.58. The van der Waals surface area contributed by atoms with Gasteiger partial charge < -0.3 is 10.3 Å². The number of nitrogens with zero attached hydrogens (tertiary/aromatic N) is 3. The highest BCUT2D eigenvalue weighted by atomic mass is 16.1. The van der Waals surface area contributed by atoms with Crippen molar-refractivity contribution < 1.29 is 4.79 Å². The molecule has 0 saturated heterocycles. The Hall–Kier alpha value is -2.17. The Labute approximate surface area is 92.9 Å². The van der Waals surface area contributed by atoms with Crippen LogP contribution < -0.4 is 5.73 Å². The molecule has 2 heterocycles. The molecule has 0 aliphatic carbocycles. The number of carbonyl (C=O) groups is 1. The number of nitrogens with two attached hydrogens (primary N) is 1. The van der Waals surface area contributed by atoms with Crippen molar-refractivity contribution in [3.8, 4) is 0 Å². The van der Waals surface area contributed by atoms with Gasteiger partial charge >= 0.3 is 0 Å². The van der Waals surface area contributed by atoms with Gasteiger partial charge in [-0.15, -0.1) is 0 Å². The number of hydrogen-bond acceptors (Lipinski definition) is 3. The maximum atomic E-state index is 11.1. The summed E-state index contributed by atoms with van der Waals surface area (Å²) >= 11 is 0. The Morgan fingerprint density at radius 2 is 2.38 bits per heavy atom. The summed E-state index contributed by atoms with van der Waals surface area (Å²) in [4.78, 5) is 19.1.